The molecule has 1 N–H and O–H groups in total. The largest absolute Gasteiger partial charge is 0.616 e. The lowest BCUT2D eigenvalue weighted by Gasteiger charge is -2.18. The van der Waals surface area contributed by atoms with E-state index in [4.69, 9.17) is 16.3 Å². The Balaban J connectivity index is 2.12. The maximum absolute atomic E-state index is 12.8. The highest BCUT2D eigenvalue weighted by atomic mass is 35.5. The second kappa shape index (κ2) is 10.2. The Morgan fingerprint density at radius 2 is 2.00 bits per heavy atom. The molecule has 3 rings (SSSR count). The van der Waals surface area contributed by atoms with Crippen LogP contribution in [0.1, 0.15) is 35.7 Å². The molecule has 0 fully saturated rings. The van der Waals surface area contributed by atoms with Crippen LogP contribution in [0.15, 0.2) is 42.6 Å². The molecule has 3 aromatic rings. The first-order valence-electron chi connectivity index (χ1n) is 9.82. The van der Waals surface area contributed by atoms with Crippen LogP contribution in [0.25, 0.3) is 10.9 Å². The highest BCUT2D eigenvalue weighted by molar-refractivity contribution is 7.90. The third-order valence-electron chi connectivity index (χ3n) is 4.74. The predicted octanol–water partition coefficient (Wildman–Crippen LogP) is 5.68. The minimum atomic E-state index is -0.938. The Hall–Kier alpha value is -2.28. The zero-order valence-electron chi connectivity index (χ0n) is 17.3. The van der Waals surface area contributed by atoms with Crippen LogP contribution in [-0.4, -0.2) is 33.9 Å². The van der Waals surface area contributed by atoms with E-state index in [-0.39, 0.29) is 5.78 Å². The number of nitrogens with one attached hydrogen (secondary N) is 1. The van der Waals surface area contributed by atoms with E-state index in [1.165, 1.54) is 0 Å². The fraction of sp³-hybridized carbons (Fsp3) is 0.304. The average Bonchev–Trinajstić information content (AvgIpc) is 2.70. The summed E-state index contributed by atoms with van der Waals surface area (Å²) in [4.78, 5) is 17.4. The van der Waals surface area contributed by atoms with Crippen molar-refractivity contribution in [1.82, 2.24) is 4.98 Å². The molecule has 0 saturated heterocycles. The number of carbonyl (C=O) groups excluding carboxylic acids is 1. The summed E-state index contributed by atoms with van der Waals surface area (Å²) in [6.45, 7) is 4.26. The zero-order valence-corrected chi connectivity index (χ0v) is 18.9. The lowest BCUT2D eigenvalue weighted by atomic mass is 10.0. The molecule has 30 heavy (non-hydrogen) atoms. The van der Waals surface area contributed by atoms with E-state index >= 15 is 0 Å². The first-order chi connectivity index (χ1) is 14.4. The van der Waals surface area contributed by atoms with E-state index in [2.05, 4.69) is 10.3 Å². The fourth-order valence-corrected chi connectivity index (χ4v) is 3.79. The molecule has 1 unspecified atom stereocenters. The van der Waals surface area contributed by atoms with Gasteiger partial charge in [-0.1, -0.05) is 54.0 Å². The van der Waals surface area contributed by atoms with Crippen molar-refractivity contribution in [2.24, 2.45) is 0 Å². The van der Waals surface area contributed by atoms with Crippen molar-refractivity contribution in [3.63, 3.8) is 0 Å². The van der Waals surface area contributed by atoms with Gasteiger partial charge in [-0.15, -0.1) is 0 Å². The zero-order chi connectivity index (χ0) is 21.7. The van der Waals surface area contributed by atoms with E-state index in [9.17, 15) is 9.35 Å². The molecule has 0 aliphatic carbocycles. The van der Waals surface area contributed by atoms with Crippen LogP contribution in [0.3, 0.4) is 0 Å². The summed E-state index contributed by atoms with van der Waals surface area (Å²) in [6.07, 6.45) is 4.42. The van der Waals surface area contributed by atoms with Crippen molar-refractivity contribution in [1.29, 1.82) is 0 Å². The molecule has 0 saturated carbocycles. The average molecular weight is 445 g/mol. The number of carbonyl (C=O) groups is 1. The number of halogens is 1. The Morgan fingerprint density at radius 1 is 1.23 bits per heavy atom. The molecule has 0 aliphatic heterocycles. The van der Waals surface area contributed by atoms with Crippen LogP contribution in [0.5, 0.6) is 5.75 Å². The van der Waals surface area contributed by atoms with Gasteiger partial charge >= 0.3 is 0 Å². The molecule has 0 amide bonds. The van der Waals surface area contributed by atoms with Crippen LogP contribution >= 0.6 is 11.6 Å². The third-order valence-corrected chi connectivity index (χ3v) is 5.79. The second-order valence-corrected chi connectivity index (χ2v) is 9.02. The molecule has 0 spiro atoms. The topological polar surface area (TPSA) is 74.3 Å². The van der Waals surface area contributed by atoms with Gasteiger partial charge in [-0.05, 0) is 31.0 Å². The van der Waals surface area contributed by atoms with E-state index < -0.39 is 11.2 Å². The summed E-state index contributed by atoms with van der Waals surface area (Å²) >= 11 is 5.50. The number of para-hydroxylation sites is 2. The highest BCUT2D eigenvalue weighted by Gasteiger charge is 2.19. The minimum absolute atomic E-state index is 0.0202. The standard InChI is InChI=1S/C23H25ClN2O3S/c1-4-7-19(27)17-14-25-23-16(9-6-11-20(23)29-12-13-30(3)28)22(17)26-21-15(2)8-5-10-18(21)24/h5-6,8-11,14H,4,7,12-13H2,1-3H3,(H,25,26). The van der Waals surface area contributed by atoms with Gasteiger partial charge in [0.15, 0.2) is 5.78 Å². The van der Waals surface area contributed by atoms with Gasteiger partial charge in [0, 0.05) is 18.0 Å². The number of ketones is 1. The molecule has 158 valence electrons. The van der Waals surface area contributed by atoms with Crippen molar-refractivity contribution in [2.75, 3.05) is 23.9 Å². The molecule has 0 radical (unpaired) electrons. The number of hydrogen-bond donors (Lipinski definition) is 1. The van der Waals surface area contributed by atoms with Crippen LogP contribution in [0.2, 0.25) is 5.02 Å². The van der Waals surface area contributed by atoms with Gasteiger partial charge in [0.2, 0.25) is 0 Å². The lowest BCUT2D eigenvalue weighted by Crippen LogP contribution is -2.12. The third kappa shape index (κ3) is 5.06. The molecule has 0 bridgehead atoms. The first kappa shape index (κ1) is 22.4. The molecule has 5 nitrogen and oxygen atoms in total. The van der Waals surface area contributed by atoms with E-state index in [0.29, 0.717) is 46.3 Å². The quantitative estimate of drug-likeness (QED) is 0.339. The number of Topliss-reactive ketones (excluding diaryl/α,β-unsaturated/α-hetero) is 1. The maximum atomic E-state index is 12.8. The normalized spacial score (nSPS) is 12.0. The molecule has 2 aromatic carbocycles. The Labute approximate surface area is 185 Å². The van der Waals surface area contributed by atoms with Crippen LogP contribution < -0.4 is 10.1 Å². The van der Waals surface area contributed by atoms with Crippen molar-refractivity contribution >= 4 is 50.8 Å². The Bertz CT molecular complexity index is 1040. The van der Waals surface area contributed by atoms with Gasteiger partial charge in [0.1, 0.15) is 23.6 Å². The van der Waals surface area contributed by atoms with E-state index in [0.717, 1.165) is 23.1 Å². The van der Waals surface area contributed by atoms with Gasteiger partial charge in [-0.25, -0.2) is 0 Å². The number of ether oxygens (including phenoxy) is 1. The number of hydrogen-bond acceptors (Lipinski definition) is 5. The molecule has 1 heterocycles. The highest BCUT2D eigenvalue weighted by Crippen LogP contribution is 2.37. The molecule has 1 aromatic heterocycles. The number of nitrogens with zero attached hydrogens (tertiary/aromatic N) is 1. The van der Waals surface area contributed by atoms with Crippen LogP contribution in [-0.2, 0) is 11.2 Å². The molecule has 0 aliphatic rings. The van der Waals surface area contributed by atoms with Crippen LogP contribution in [0, 0.1) is 6.92 Å². The summed E-state index contributed by atoms with van der Waals surface area (Å²) in [5.41, 5.74) is 3.55. The Morgan fingerprint density at radius 3 is 2.70 bits per heavy atom. The SMILES string of the molecule is CCCC(=O)c1cnc2c(OCC[S+](C)[O-])cccc2c1Nc1c(C)cccc1Cl. The number of pyridine rings is 1. The van der Waals surface area contributed by atoms with E-state index in [1.807, 2.05) is 50.2 Å². The summed E-state index contributed by atoms with van der Waals surface area (Å²) in [5, 5.41) is 4.74. The number of benzene rings is 2. The number of anilines is 2. The number of aryl methyl sites for hydroxylation is 1. The number of aromatic nitrogens is 1. The van der Waals surface area contributed by atoms with Gasteiger partial charge in [-0.3, -0.25) is 9.78 Å². The summed E-state index contributed by atoms with van der Waals surface area (Å²) < 4.78 is 17.2. The molecular weight excluding hydrogens is 420 g/mol. The Kier molecular flexibility index (Phi) is 7.58. The van der Waals surface area contributed by atoms with Gasteiger partial charge in [-0.2, -0.15) is 0 Å². The van der Waals surface area contributed by atoms with Crippen LogP contribution in [0.4, 0.5) is 11.4 Å². The van der Waals surface area contributed by atoms with Crippen molar-refractivity contribution < 1.29 is 14.1 Å². The second-order valence-electron chi connectivity index (χ2n) is 7.05. The molecular formula is C23H25ClN2O3S. The maximum Gasteiger partial charge on any atom is 0.166 e. The monoisotopic (exact) mass is 444 g/mol. The van der Waals surface area contributed by atoms with Crippen molar-refractivity contribution in [3.05, 3.63) is 58.7 Å². The lowest BCUT2D eigenvalue weighted by molar-refractivity contribution is 0.0982. The van der Waals surface area contributed by atoms with E-state index in [1.54, 1.807) is 12.5 Å². The number of rotatable bonds is 9. The summed E-state index contributed by atoms with van der Waals surface area (Å²) in [5.74, 6) is 1.05. The summed E-state index contributed by atoms with van der Waals surface area (Å²) in [7, 11) is 0. The van der Waals surface area contributed by atoms with Gasteiger partial charge in [0.25, 0.3) is 0 Å². The van der Waals surface area contributed by atoms with Crippen molar-refractivity contribution in [2.45, 2.75) is 26.7 Å². The molecule has 7 heteroatoms. The summed E-state index contributed by atoms with van der Waals surface area (Å²) in [6, 6.07) is 11.3. The van der Waals surface area contributed by atoms with Gasteiger partial charge < -0.3 is 14.6 Å². The first-order valence-corrected chi connectivity index (χ1v) is 11.9. The van der Waals surface area contributed by atoms with Crippen molar-refractivity contribution in [3.8, 4) is 5.75 Å². The molecule has 1 atom stereocenters. The minimum Gasteiger partial charge on any atom is -0.616 e. The number of fused-ring (bicyclic) bond motifs is 1. The predicted molar refractivity (Wildman–Crippen MR) is 125 cm³/mol. The fourth-order valence-electron chi connectivity index (χ4n) is 3.20. The smallest absolute Gasteiger partial charge is 0.166 e. The van der Waals surface area contributed by atoms with Gasteiger partial charge in [0.05, 0.1) is 28.2 Å².